The first-order chi connectivity index (χ1) is 5.75. The van der Waals surface area contributed by atoms with Gasteiger partial charge in [0, 0.05) is 6.20 Å². The molecule has 2 atom stereocenters. The molecule has 1 aromatic heterocycles. The van der Waals surface area contributed by atoms with E-state index in [2.05, 4.69) is 34.1 Å². The van der Waals surface area contributed by atoms with Gasteiger partial charge in [0.2, 0.25) is 0 Å². The van der Waals surface area contributed by atoms with Gasteiger partial charge in [0.25, 0.3) is 0 Å². The number of hydrogen-bond acceptors (Lipinski definition) is 1. The van der Waals surface area contributed by atoms with Gasteiger partial charge in [-0.3, -0.25) is 4.98 Å². The van der Waals surface area contributed by atoms with Gasteiger partial charge < -0.3 is 0 Å². The quantitative estimate of drug-likeness (QED) is 0.653. The molecule has 0 radical (unpaired) electrons. The second kappa shape index (κ2) is 4.57. The average Bonchev–Trinajstić information content (AvgIpc) is 2.05. The van der Waals surface area contributed by atoms with E-state index in [4.69, 9.17) is 0 Å². The summed E-state index contributed by atoms with van der Waals surface area (Å²) in [6, 6.07) is 4.07. The largest absolute Gasteiger partial charge is 0.260 e. The van der Waals surface area contributed by atoms with E-state index in [0.29, 0.717) is 5.92 Å². The van der Waals surface area contributed by atoms with Gasteiger partial charge >= 0.3 is 0 Å². The first kappa shape index (κ1) is 9.67. The highest BCUT2D eigenvalue weighted by Crippen LogP contribution is 2.17. The summed E-state index contributed by atoms with van der Waals surface area (Å²) in [5.41, 5.74) is 1.23. The molecule has 0 bridgehead atoms. The van der Waals surface area contributed by atoms with E-state index in [-0.39, 0.29) is 0 Å². The zero-order valence-electron chi connectivity index (χ0n) is 7.75. The number of nitrogens with zero attached hydrogens (tertiary/aromatic N) is 1. The second-order valence-corrected chi connectivity index (χ2v) is 3.79. The Bertz CT molecular complexity index is 247. The fraction of sp³-hybridized carbons (Fsp3) is 0.500. The van der Waals surface area contributed by atoms with Crippen molar-refractivity contribution in [2.24, 2.45) is 0 Å². The molecule has 1 aromatic rings. The van der Waals surface area contributed by atoms with Gasteiger partial charge in [0.05, 0.1) is 5.69 Å². The third-order valence-electron chi connectivity index (χ3n) is 2.06. The Morgan fingerprint density at radius 3 is 2.92 bits per heavy atom. The first-order valence-corrected chi connectivity index (χ1v) is 5.03. The minimum atomic E-state index is 0.587. The van der Waals surface area contributed by atoms with Crippen LogP contribution in [-0.2, 0) is 0 Å². The van der Waals surface area contributed by atoms with Crippen LogP contribution in [0.15, 0.2) is 18.3 Å². The Balaban J connectivity index is 2.79. The molecule has 0 saturated heterocycles. The zero-order chi connectivity index (χ0) is 8.97. The highest BCUT2D eigenvalue weighted by molar-refractivity contribution is 7.27. The van der Waals surface area contributed by atoms with Crippen LogP contribution in [0.25, 0.3) is 0 Å². The molecule has 0 N–H and O–H groups in total. The number of pyridine rings is 1. The predicted molar refractivity (Wildman–Crippen MR) is 56.9 cm³/mol. The summed E-state index contributed by atoms with van der Waals surface area (Å²) >= 11 is 0. The van der Waals surface area contributed by atoms with Gasteiger partial charge in [-0.2, -0.15) is 0 Å². The van der Waals surface area contributed by atoms with E-state index in [0.717, 1.165) is 0 Å². The monoisotopic (exact) mass is 181 g/mol. The van der Waals surface area contributed by atoms with E-state index >= 15 is 0 Å². The first-order valence-electron chi connectivity index (χ1n) is 4.46. The van der Waals surface area contributed by atoms with E-state index < -0.39 is 0 Å². The normalized spacial score (nSPS) is 12.9. The van der Waals surface area contributed by atoms with E-state index in [9.17, 15) is 0 Å². The molecular formula is C10H16NP. The summed E-state index contributed by atoms with van der Waals surface area (Å²) in [5, 5.41) is 1.23. The van der Waals surface area contributed by atoms with Gasteiger partial charge in [-0.05, 0) is 23.7 Å². The third-order valence-corrected chi connectivity index (χ3v) is 2.55. The summed E-state index contributed by atoms with van der Waals surface area (Å²) < 4.78 is 0. The van der Waals surface area contributed by atoms with Crippen molar-refractivity contribution >= 4 is 14.5 Å². The topological polar surface area (TPSA) is 12.9 Å². The van der Waals surface area contributed by atoms with Gasteiger partial charge in [-0.15, -0.1) is 9.24 Å². The van der Waals surface area contributed by atoms with Crippen LogP contribution in [0, 0.1) is 0 Å². The number of hydrogen-bond donors (Lipinski definition) is 0. The van der Waals surface area contributed by atoms with Crippen molar-refractivity contribution in [1.82, 2.24) is 4.98 Å². The molecular weight excluding hydrogens is 165 g/mol. The smallest absolute Gasteiger partial charge is 0.0503 e. The maximum atomic E-state index is 4.38. The fourth-order valence-electron chi connectivity index (χ4n) is 1.41. The molecule has 1 rings (SSSR count). The molecule has 0 aliphatic heterocycles. The lowest BCUT2D eigenvalue weighted by Gasteiger charge is -2.11. The number of rotatable bonds is 3. The molecule has 0 aliphatic rings. The van der Waals surface area contributed by atoms with E-state index in [1.807, 2.05) is 12.3 Å². The molecule has 0 amide bonds. The molecule has 1 nitrogen and oxygen atoms in total. The number of aromatic nitrogens is 1. The highest BCUT2D eigenvalue weighted by atomic mass is 31.0. The Morgan fingerprint density at radius 1 is 1.58 bits per heavy atom. The molecule has 0 saturated carbocycles. The summed E-state index contributed by atoms with van der Waals surface area (Å²) in [6.07, 6.45) is 4.31. The minimum absolute atomic E-state index is 0.587. The van der Waals surface area contributed by atoms with Crippen LogP contribution in [0.1, 0.15) is 38.3 Å². The highest BCUT2D eigenvalue weighted by Gasteiger charge is 2.07. The van der Waals surface area contributed by atoms with Crippen molar-refractivity contribution in [3.05, 3.63) is 24.0 Å². The van der Waals surface area contributed by atoms with Gasteiger partial charge in [-0.25, -0.2) is 0 Å². The standard InChI is InChI=1S/C10H16NP/c1-3-5-8(2)10-9(12)6-4-7-11-10/h4,6-8H,3,5,12H2,1-2H3. The van der Waals surface area contributed by atoms with Gasteiger partial charge in [0.15, 0.2) is 0 Å². The Hall–Kier alpha value is -0.420. The molecule has 0 aliphatic carbocycles. The minimum Gasteiger partial charge on any atom is -0.260 e. The van der Waals surface area contributed by atoms with Gasteiger partial charge in [-0.1, -0.05) is 26.3 Å². The van der Waals surface area contributed by atoms with Crippen LogP contribution in [0.4, 0.5) is 0 Å². The van der Waals surface area contributed by atoms with Crippen LogP contribution in [0.3, 0.4) is 0 Å². The third kappa shape index (κ3) is 2.28. The Kier molecular flexibility index (Phi) is 3.68. The van der Waals surface area contributed by atoms with Crippen molar-refractivity contribution in [3.63, 3.8) is 0 Å². The summed E-state index contributed by atoms with van der Waals surface area (Å²) in [5.74, 6) is 0.587. The lowest BCUT2D eigenvalue weighted by atomic mass is 10.0. The summed E-state index contributed by atoms with van der Waals surface area (Å²) in [7, 11) is 2.74. The summed E-state index contributed by atoms with van der Waals surface area (Å²) in [6.45, 7) is 4.45. The summed E-state index contributed by atoms with van der Waals surface area (Å²) in [4.78, 5) is 4.38. The molecule has 66 valence electrons. The van der Waals surface area contributed by atoms with Gasteiger partial charge in [0.1, 0.15) is 0 Å². The molecule has 12 heavy (non-hydrogen) atoms. The second-order valence-electron chi connectivity index (χ2n) is 3.17. The Morgan fingerprint density at radius 2 is 2.33 bits per heavy atom. The van der Waals surface area contributed by atoms with Crippen molar-refractivity contribution < 1.29 is 0 Å². The fourth-order valence-corrected chi connectivity index (χ4v) is 1.88. The van der Waals surface area contributed by atoms with E-state index in [1.165, 1.54) is 23.8 Å². The Labute approximate surface area is 76.8 Å². The van der Waals surface area contributed by atoms with Crippen molar-refractivity contribution in [3.8, 4) is 0 Å². The maximum Gasteiger partial charge on any atom is 0.0503 e. The van der Waals surface area contributed by atoms with Crippen LogP contribution < -0.4 is 5.30 Å². The molecule has 2 unspecified atom stereocenters. The van der Waals surface area contributed by atoms with Crippen molar-refractivity contribution in [2.45, 2.75) is 32.6 Å². The molecule has 0 fully saturated rings. The average molecular weight is 181 g/mol. The van der Waals surface area contributed by atoms with Crippen LogP contribution in [0.2, 0.25) is 0 Å². The van der Waals surface area contributed by atoms with Crippen LogP contribution in [-0.4, -0.2) is 4.98 Å². The molecule has 0 aromatic carbocycles. The SMILES string of the molecule is CCCC(C)c1ncccc1P. The lowest BCUT2D eigenvalue weighted by molar-refractivity contribution is 0.651. The van der Waals surface area contributed by atoms with Crippen molar-refractivity contribution in [1.29, 1.82) is 0 Å². The molecule has 2 heteroatoms. The van der Waals surface area contributed by atoms with Crippen LogP contribution >= 0.6 is 9.24 Å². The molecule has 0 spiro atoms. The molecule has 1 heterocycles. The maximum absolute atomic E-state index is 4.38. The van der Waals surface area contributed by atoms with Crippen LogP contribution in [0.5, 0.6) is 0 Å². The zero-order valence-corrected chi connectivity index (χ0v) is 8.90. The lowest BCUT2D eigenvalue weighted by Crippen LogP contribution is -2.08. The van der Waals surface area contributed by atoms with Crippen molar-refractivity contribution in [2.75, 3.05) is 0 Å². The predicted octanol–water partition coefficient (Wildman–Crippen LogP) is 2.49. The van der Waals surface area contributed by atoms with E-state index in [1.54, 1.807) is 0 Å².